The van der Waals surface area contributed by atoms with Crippen LogP contribution in [0.5, 0.6) is 11.5 Å². The first-order chi connectivity index (χ1) is 17.5. The quantitative estimate of drug-likeness (QED) is 0.474. The van der Waals surface area contributed by atoms with Gasteiger partial charge < -0.3 is 4.74 Å². The highest BCUT2D eigenvalue weighted by atomic mass is 35.5. The van der Waals surface area contributed by atoms with Gasteiger partial charge in [-0.1, -0.05) is 23.7 Å². The summed E-state index contributed by atoms with van der Waals surface area (Å²) in [6.07, 6.45) is -4.10. The Labute approximate surface area is 212 Å². The molecule has 1 fully saturated rings. The molecule has 3 aromatic rings. The number of nitrogens with one attached hydrogen (secondary N) is 2. The summed E-state index contributed by atoms with van der Waals surface area (Å²) >= 11 is 5.90. The Morgan fingerprint density at radius 1 is 1.24 bits per heavy atom. The molecule has 2 heterocycles. The maximum atomic E-state index is 13.7. The van der Waals surface area contributed by atoms with Crippen LogP contribution >= 0.6 is 11.6 Å². The van der Waals surface area contributed by atoms with Gasteiger partial charge in [-0.25, -0.2) is 14.8 Å². The highest BCUT2D eigenvalue weighted by molar-refractivity contribution is 6.30. The van der Waals surface area contributed by atoms with Crippen LogP contribution in [0.4, 0.5) is 17.6 Å². The van der Waals surface area contributed by atoms with Crippen molar-refractivity contribution in [2.24, 2.45) is 0 Å². The molecule has 2 aromatic carbocycles. The third-order valence-corrected chi connectivity index (χ3v) is 5.94. The number of aromatic nitrogens is 2. The van der Waals surface area contributed by atoms with Gasteiger partial charge in [0, 0.05) is 17.6 Å². The number of carbonyl (C=O) groups excluding carboxylic acids is 1. The summed E-state index contributed by atoms with van der Waals surface area (Å²) in [5, 5.41) is 9.11. The first kappa shape index (κ1) is 26.1. The molecule has 2 atom stereocenters. The topological polar surface area (TPSA) is 109 Å². The minimum absolute atomic E-state index is 0.0180. The maximum absolute atomic E-state index is 13.7. The Morgan fingerprint density at radius 3 is 2.68 bits per heavy atom. The largest absolute Gasteiger partial charge is 0.449 e. The molecular weight excluding hydrogens is 518 g/mol. The zero-order chi connectivity index (χ0) is 26.9. The Bertz CT molecular complexity index is 1470. The van der Waals surface area contributed by atoms with Crippen LogP contribution in [-0.4, -0.2) is 21.5 Å². The lowest BCUT2D eigenvalue weighted by atomic mass is 9.89. The molecule has 8 nitrogen and oxygen atoms in total. The van der Waals surface area contributed by atoms with Crippen LogP contribution in [0.25, 0.3) is 0 Å². The van der Waals surface area contributed by atoms with Gasteiger partial charge in [-0.3, -0.25) is 19.6 Å². The van der Waals surface area contributed by atoms with Crippen molar-refractivity contribution in [1.82, 2.24) is 20.4 Å². The maximum Gasteiger partial charge on any atom is 0.437 e. The van der Waals surface area contributed by atoms with E-state index >= 15 is 0 Å². The Kier molecular flexibility index (Phi) is 7.20. The minimum Gasteiger partial charge on any atom is -0.449 e. The smallest absolute Gasteiger partial charge is 0.437 e. The van der Waals surface area contributed by atoms with E-state index in [1.807, 2.05) is 0 Å². The zero-order valence-electron chi connectivity index (χ0n) is 19.1. The van der Waals surface area contributed by atoms with Gasteiger partial charge in [-0.15, -0.1) is 0 Å². The van der Waals surface area contributed by atoms with Gasteiger partial charge >= 0.3 is 6.18 Å². The number of hydrazine groups is 1. The van der Waals surface area contributed by atoms with E-state index in [0.717, 1.165) is 23.0 Å². The van der Waals surface area contributed by atoms with E-state index in [-0.39, 0.29) is 35.2 Å². The van der Waals surface area contributed by atoms with E-state index in [4.69, 9.17) is 21.6 Å². The first-order valence-electron chi connectivity index (χ1n) is 10.8. The van der Waals surface area contributed by atoms with Gasteiger partial charge in [0.2, 0.25) is 11.7 Å². The number of ether oxygens (including phenoxy) is 1. The van der Waals surface area contributed by atoms with E-state index in [9.17, 15) is 27.2 Å². The Balaban J connectivity index is 1.65. The number of benzene rings is 2. The van der Waals surface area contributed by atoms with Crippen molar-refractivity contribution in [3.63, 3.8) is 0 Å². The molecule has 0 bridgehead atoms. The third kappa shape index (κ3) is 5.73. The summed E-state index contributed by atoms with van der Waals surface area (Å²) in [5.41, 5.74) is 3.47. The number of halogens is 5. The van der Waals surface area contributed by atoms with Crippen LogP contribution in [0.15, 0.2) is 47.5 Å². The molecule has 2 N–H and O–H groups in total. The van der Waals surface area contributed by atoms with E-state index < -0.39 is 41.0 Å². The van der Waals surface area contributed by atoms with Crippen molar-refractivity contribution in [3.8, 4) is 17.6 Å². The second kappa shape index (κ2) is 10.2. The number of nitrogens with zero attached hydrogens (tertiary/aromatic N) is 3. The summed E-state index contributed by atoms with van der Waals surface area (Å²) in [6, 6.07) is 9.05. The van der Waals surface area contributed by atoms with Gasteiger partial charge in [-0.2, -0.15) is 18.4 Å². The monoisotopic (exact) mass is 535 g/mol. The normalized spacial score (nSPS) is 17.7. The van der Waals surface area contributed by atoms with Crippen molar-refractivity contribution in [1.29, 1.82) is 5.26 Å². The second-order valence-electron chi connectivity index (χ2n) is 8.39. The summed E-state index contributed by atoms with van der Waals surface area (Å²) in [6.45, 7) is 1.39. The molecular formula is C24H18ClF4N5O3. The molecule has 1 aliphatic heterocycles. The number of aryl methyl sites for hydroxylation is 1. The van der Waals surface area contributed by atoms with Gasteiger partial charge in [0.05, 0.1) is 23.9 Å². The Hall–Kier alpha value is -3.95. The lowest BCUT2D eigenvalue weighted by molar-refractivity contribution is -0.142. The third-order valence-electron chi connectivity index (χ3n) is 5.72. The fourth-order valence-electron chi connectivity index (χ4n) is 3.94. The number of hydrogen-bond donors (Lipinski definition) is 2. The highest BCUT2D eigenvalue weighted by Crippen LogP contribution is 2.35. The van der Waals surface area contributed by atoms with E-state index in [0.29, 0.717) is 11.1 Å². The van der Waals surface area contributed by atoms with Crippen LogP contribution in [0, 0.1) is 24.1 Å². The SMILES string of the molecule is Cc1cc(C2CC(Cn3cnc(C(F)(F)F)c(Oc4cc(Cl)cc(C#N)c4)c3=O)NNC2=O)ccc1F. The molecule has 192 valence electrons. The molecule has 37 heavy (non-hydrogen) atoms. The molecule has 0 aliphatic carbocycles. The standard InChI is InChI=1S/C24H18ClF4N5O3/c1-12-4-14(2-3-19(12)26)18-8-16(32-33-22(18)35)10-34-11-31-21(24(27,28)29)20(23(34)36)37-17-6-13(9-30)5-15(25)7-17/h2-7,11,16,18,32H,8,10H2,1H3,(H,33,35). The van der Waals surface area contributed by atoms with Crippen LogP contribution in [0.1, 0.15) is 34.7 Å². The predicted molar refractivity (Wildman–Crippen MR) is 123 cm³/mol. The van der Waals surface area contributed by atoms with Crippen molar-refractivity contribution < 1.29 is 27.1 Å². The molecule has 1 saturated heterocycles. The number of amides is 1. The van der Waals surface area contributed by atoms with E-state index in [2.05, 4.69) is 15.8 Å². The van der Waals surface area contributed by atoms with E-state index in [1.165, 1.54) is 18.2 Å². The molecule has 1 amide bonds. The molecule has 0 radical (unpaired) electrons. The minimum atomic E-state index is -5.01. The van der Waals surface area contributed by atoms with Crippen molar-refractivity contribution in [2.45, 2.75) is 38.0 Å². The molecule has 1 aliphatic rings. The number of alkyl halides is 3. The number of carbonyl (C=O) groups is 1. The van der Waals surface area contributed by atoms with Gasteiger partial charge in [0.1, 0.15) is 11.6 Å². The molecule has 4 rings (SSSR count). The summed E-state index contributed by atoms with van der Waals surface area (Å²) < 4.78 is 60.8. The number of nitriles is 1. The summed E-state index contributed by atoms with van der Waals surface area (Å²) in [7, 11) is 0. The van der Waals surface area contributed by atoms with Crippen molar-refractivity contribution in [3.05, 3.63) is 86.3 Å². The van der Waals surface area contributed by atoms with Gasteiger partial charge in [0.15, 0.2) is 5.69 Å². The van der Waals surface area contributed by atoms with E-state index in [1.54, 1.807) is 19.1 Å². The number of rotatable bonds is 5. The molecule has 0 saturated carbocycles. The van der Waals surface area contributed by atoms with Crippen LogP contribution < -0.4 is 21.1 Å². The van der Waals surface area contributed by atoms with Crippen LogP contribution in [0.2, 0.25) is 5.02 Å². The van der Waals surface area contributed by atoms with Crippen molar-refractivity contribution >= 4 is 17.5 Å². The lowest BCUT2D eigenvalue weighted by Crippen LogP contribution is -2.54. The zero-order valence-corrected chi connectivity index (χ0v) is 19.8. The van der Waals surface area contributed by atoms with Gasteiger partial charge in [0.25, 0.3) is 5.56 Å². The summed E-state index contributed by atoms with van der Waals surface area (Å²) in [5.74, 6) is -2.83. The second-order valence-corrected chi connectivity index (χ2v) is 8.83. The fourth-order valence-corrected chi connectivity index (χ4v) is 4.16. The fraction of sp³-hybridized carbons (Fsp3) is 0.250. The molecule has 2 unspecified atom stereocenters. The Morgan fingerprint density at radius 2 is 2.00 bits per heavy atom. The molecule has 1 aromatic heterocycles. The highest BCUT2D eigenvalue weighted by Gasteiger charge is 2.39. The molecule has 13 heteroatoms. The predicted octanol–water partition coefficient (Wildman–Crippen LogP) is 4.20. The lowest BCUT2D eigenvalue weighted by Gasteiger charge is -2.31. The van der Waals surface area contributed by atoms with Crippen molar-refractivity contribution in [2.75, 3.05) is 0 Å². The molecule has 0 spiro atoms. The summed E-state index contributed by atoms with van der Waals surface area (Å²) in [4.78, 5) is 28.9. The van der Waals surface area contributed by atoms with Crippen LogP contribution in [-0.2, 0) is 17.5 Å². The van der Waals surface area contributed by atoms with Gasteiger partial charge in [-0.05, 0) is 48.7 Å². The average molecular weight is 536 g/mol. The average Bonchev–Trinajstić information content (AvgIpc) is 2.83. The first-order valence-corrected chi connectivity index (χ1v) is 11.2. The number of hydrogen-bond acceptors (Lipinski definition) is 6. The van der Waals surface area contributed by atoms with Crippen LogP contribution in [0.3, 0.4) is 0 Å².